The first kappa shape index (κ1) is 18.0. The van der Waals surface area contributed by atoms with Crippen LogP contribution in [0.25, 0.3) is 0 Å². The van der Waals surface area contributed by atoms with Gasteiger partial charge in [0.25, 0.3) is 0 Å². The van der Waals surface area contributed by atoms with Crippen LogP contribution in [0, 0.1) is 5.95 Å². The van der Waals surface area contributed by atoms with Crippen molar-refractivity contribution in [1.82, 2.24) is 9.88 Å². The van der Waals surface area contributed by atoms with Crippen LogP contribution in [-0.4, -0.2) is 22.0 Å². The van der Waals surface area contributed by atoms with Gasteiger partial charge in [-0.05, 0) is 49.1 Å². The summed E-state index contributed by atoms with van der Waals surface area (Å²) in [6.45, 7) is 0. The summed E-state index contributed by atoms with van der Waals surface area (Å²) in [5.41, 5.74) is 0.477. The van der Waals surface area contributed by atoms with Crippen molar-refractivity contribution in [3.63, 3.8) is 0 Å². The highest BCUT2D eigenvalue weighted by Gasteiger charge is 2.43. The van der Waals surface area contributed by atoms with E-state index in [1.54, 1.807) is 11.0 Å². The number of pyridine rings is 1. The summed E-state index contributed by atoms with van der Waals surface area (Å²) < 4.78 is 52.4. The van der Waals surface area contributed by atoms with Gasteiger partial charge in [0, 0.05) is 23.5 Å². The number of amides is 2. The lowest BCUT2D eigenvalue weighted by Gasteiger charge is -2.36. The van der Waals surface area contributed by atoms with Crippen LogP contribution in [0.5, 0.6) is 0 Å². The summed E-state index contributed by atoms with van der Waals surface area (Å²) in [5, 5.41) is 2.12. The van der Waals surface area contributed by atoms with Gasteiger partial charge in [0.1, 0.15) is 0 Å². The zero-order chi connectivity index (χ0) is 19.3. The molecule has 2 bridgehead atoms. The van der Waals surface area contributed by atoms with Crippen molar-refractivity contribution in [2.45, 2.75) is 37.5 Å². The standard InChI is InChI=1S/C18H14ClF4N3O/c19-14-7-9(1-3-13(14)18(21,22)23)25-17(27)26-10-2-4-15(26)11-5-6-24-16(20)12(11)8-10/h1,3,5-7,10,15H,2,4,8H2,(H,25,27). The summed E-state index contributed by atoms with van der Waals surface area (Å²) >= 11 is 5.70. The van der Waals surface area contributed by atoms with E-state index < -0.39 is 28.7 Å². The number of carbonyl (C=O) groups excluding carboxylic acids is 1. The van der Waals surface area contributed by atoms with E-state index in [1.165, 1.54) is 6.20 Å². The molecule has 0 saturated carbocycles. The fourth-order valence-corrected chi connectivity index (χ4v) is 4.23. The summed E-state index contributed by atoms with van der Waals surface area (Å²) in [6, 6.07) is 3.88. The third-order valence-electron chi connectivity index (χ3n) is 5.10. The van der Waals surface area contributed by atoms with Gasteiger partial charge in [-0.2, -0.15) is 17.6 Å². The van der Waals surface area contributed by atoms with Crippen molar-refractivity contribution in [1.29, 1.82) is 0 Å². The number of halogens is 5. The number of hydrogen-bond acceptors (Lipinski definition) is 2. The number of nitrogens with one attached hydrogen (secondary N) is 1. The van der Waals surface area contributed by atoms with Crippen LogP contribution in [0.4, 0.5) is 28.0 Å². The van der Waals surface area contributed by atoms with Crippen LogP contribution < -0.4 is 5.32 Å². The first-order valence-corrected chi connectivity index (χ1v) is 8.73. The van der Waals surface area contributed by atoms with E-state index in [-0.39, 0.29) is 17.8 Å². The number of carbonyl (C=O) groups is 1. The Hall–Kier alpha value is -2.35. The zero-order valence-electron chi connectivity index (χ0n) is 13.9. The molecule has 142 valence electrons. The summed E-state index contributed by atoms with van der Waals surface area (Å²) in [6.07, 6.45) is -1.40. The molecule has 1 N–H and O–H groups in total. The van der Waals surface area contributed by atoms with E-state index in [4.69, 9.17) is 11.6 Å². The van der Waals surface area contributed by atoms with Crippen molar-refractivity contribution >= 4 is 23.3 Å². The lowest BCUT2D eigenvalue weighted by molar-refractivity contribution is -0.137. The van der Waals surface area contributed by atoms with Crippen molar-refractivity contribution in [3.05, 3.63) is 58.1 Å². The minimum absolute atomic E-state index is 0.170. The Kier molecular flexibility index (Phi) is 4.25. The van der Waals surface area contributed by atoms with Gasteiger partial charge < -0.3 is 10.2 Å². The first-order valence-electron chi connectivity index (χ1n) is 8.35. The summed E-state index contributed by atoms with van der Waals surface area (Å²) in [4.78, 5) is 18.1. The number of benzene rings is 1. The highest BCUT2D eigenvalue weighted by Crippen LogP contribution is 2.44. The number of hydrogen-bond donors (Lipinski definition) is 1. The highest BCUT2D eigenvalue weighted by atomic mass is 35.5. The molecule has 1 saturated heterocycles. The molecule has 4 nitrogen and oxygen atoms in total. The van der Waals surface area contributed by atoms with Crippen molar-refractivity contribution in [2.24, 2.45) is 0 Å². The van der Waals surface area contributed by atoms with E-state index >= 15 is 0 Å². The molecule has 0 aliphatic carbocycles. The highest BCUT2D eigenvalue weighted by molar-refractivity contribution is 6.31. The molecule has 2 aromatic rings. The Balaban J connectivity index is 1.57. The molecule has 2 aliphatic heterocycles. The largest absolute Gasteiger partial charge is 0.417 e. The predicted molar refractivity (Wildman–Crippen MR) is 91.0 cm³/mol. The van der Waals surface area contributed by atoms with Gasteiger partial charge in [-0.25, -0.2) is 9.78 Å². The Labute approximate surface area is 157 Å². The van der Waals surface area contributed by atoms with Crippen LogP contribution >= 0.6 is 11.6 Å². The second-order valence-electron chi connectivity index (χ2n) is 6.65. The molecule has 2 atom stereocenters. The first-order chi connectivity index (χ1) is 12.8. The number of rotatable bonds is 1. The quantitative estimate of drug-likeness (QED) is 0.530. The average molecular weight is 400 g/mol. The van der Waals surface area contributed by atoms with E-state index in [2.05, 4.69) is 10.3 Å². The van der Waals surface area contributed by atoms with Gasteiger partial charge in [0.05, 0.1) is 16.6 Å². The van der Waals surface area contributed by atoms with Gasteiger partial charge >= 0.3 is 12.2 Å². The molecule has 1 fully saturated rings. The topological polar surface area (TPSA) is 45.2 Å². The lowest BCUT2D eigenvalue weighted by atomic mass is 9.95. The van der Waals surface area contributed by atoms with E-state index in [0.717, 1.165) is 30.2 Å². The normalized spacial score (nSPS) is 21.1. The van der Waals surface area contributed by atoms with Crippen molar-refractivity contribution in [2.75, 3.05) is 5.32 Å². The number of aromatic nitrogens is 1. The molecule has 2 unspecified atom stereocenters. The zero-order valence-corrected chi connectivity index (χ0v) is 14.6. The van der Waals surface area contributed by atoms with Crippen LogP contribution in [0.3, 0.4) is 0 Å². The van der Waals surface area contributed by atoms with Crippen LogP contribution in [0.2, 0.25) is 5.02 Å². The maximum atomic E-state index is 14.0. The Bertz CT molecular complexity index is 918. The third-order valence-corrected chi connectivity index (χ3v) is 5.41. The molecule has 3 heterocycles. The maximum Gasteiger partial charge on any atom is 0.417 e. The van der Waals surface area contributed by atoms with Crippen molar-refractivity contribution in [3.8, 4) is 0 Å². The smallest absolute Gasteiger partial charge is 0.314 e. The van der Waals surface area contributed by atoms with Crippen molar-refractivity contribution < 1.29 is 22.4 Å². The van der Waals surface area contributed by atoms with E-state index in [0.29, 0.717) is 18.4 Å². The molecule has 2 aliphatic rings. The Morgan fingerprint density at radius 3 is 2.74 bits per heavy atom. The number of nitrogens with zero attached hydrogens (tertiary/aromatic N) is 2. The minimum atomic E-state index is -4.56. The van der Waals surface area contributed by atoms with Crippen LogP contribution in [0.15, 0.2) is 30.5 Å². The lowest BCUT2D eigenvalue weighted by Crippen LogP contribution is -2.44. The third kappa shape index (κ3) is 3.12. The molecule has 4 rings (SSSR count). The predicted octanol–water partition coefficient (Wildman–Crippen LogP) is 5.19. The van der Waals surface area contributed by atoms with Gasteiger partial charge in [-0.3, -0.25) is 0 Å². The molecular formula is C18H14ClF4N3O. The maximum absolute atomic E-state index is 14.0. The molecule has 1 aromatic heterocycles. The number of anilines is 1. The number of fused-ring (bicyclic) bond motifs is 4. The molecule has 0 radical (unpaired) electrons. The van der Waals surface area contributed by atoms with E-state index in [9.17, 15) is 22.4 Å². The molecule has 9 heteroatoms. The van der Waals surface area contributed by atoms with Crippen LogP contribution in [-0.2, 0) is 12.6 Å². The minimum Gasteiger partial charge on any atom is -0.314 e. The molecular weight excluding hydrogens is 386 g/mol. The van der Waals surface area contributed by atoms with E-state index in [1.807, 2.05) is 0 Å². The Morgan fingerprint density at radius 2 is 2.04 bits per heavy atom. The summed E-state index contributed by atoms with van der Waals surface area (Å²) in [7, 11) is 0. The SMILES string of the molecule is O=C(Nc1ccc(C(F)(F)F)c(Cl)c1)N1C2CCC1c1ccnc(F)c1C2. The average Bonchev–Trinajstić information content (AvgIpc) is 2.90. The molecule has 2 amide bonds. The van der Waals surface area contributed by atoms with Gasteiger partial charge in [0.15, 0.2) is 0 Å². The number of urea groups is 1. The second kappa shape index (κ2) is 6.37. The molecule has 1 aromatic carbocycles. The van der Waals surface area contributed by atoms with Gasteiger partial charge in [-0.15, -0.1) is 0 Å². The Morgan fingerprint density at radius 1 is 1.26 bits per heavy atom. The van der Waals surface area contributed by atoms with Crippen LogP contribution in [0.1, 0.15) is 35.6 Å². The summed E-state index contributed by atoms with van der Waals surface area (Å²) in [5.74, 6) is -0.515. The molecule has 27 heavy (non-hydrogen) atoms. The second-order valence-corrected chi connectivity index (χ2v) is 7.06. The van der Waals surface area contributed by atoms with Gasteiger partial charge in [-0.1, -0.05) is 11.6 Å². The fraction of sp³-hybridized carbons (Fsp3) is 0.333. The number of alkyl halides is 3. The fourth-order valence-electron chi connectivity index (χ4n) is 3.94. The van der Waals surface area contributed by atoms with Gasteiger partial charge in [0.2, 0.25) is 5.95 Å². The molecule has 0 spiro atoms. The monoisotopic (exact) mass is 399 g/mol.